The van der Waals surface area contributed by atoms with Gasteiger partial charge in [0.15, 0.2) is 16.9 Å². The lowest BCUT2D eigenvalue weighted by atomic mass is 9.72. The van der Waals surface area contributed by atoms with Crippen LogP contribution in [-0.4, -0.2) is 114 Å². The summed E-state index contributed by atoms with van der Waals surface area (Å²) in [6.45, 7) is 1.75. The second kappa shape index (κ2) is 12.7. The highest BCUT2D eigenvalue weighted by Crippen LogP contribution is 2.57. The van der Waals surface area contributed by atoms with E-state index in [1.165, 1.54) is 0 Å². The highest BCUT2D eigenvalue weighted by Gasteiger charge is 2.56. The van der Waals surface area contributed by atoms with Gasteiger partial charge in [0.25, 0.3) is 0 Å². The van der Waals surface area contributed by atoms with E-state index in [0.717, 1.165) is 16.5 Å². The molecule has 6 rings (SSSR count). The quantitative estimate of drug-likeness (QED) is 0.122. The minimum Gasteiger partial charge on any atom is -0.485 e. The zero-order valence-electron chi connectivity index (χ0n) is 25.4. The van der Waals surface area contributed by atoms with Crippen LogP contribution in [0, 0.1) is 11.8 Å². The number of likely N-dealkylation sites (N-methyl/N-ethyl adjacent to an activating group) is 1. The first-order valence-electron chi connectivity index (χ1n) is 15.6. The van der Waals surface area contributed by atoms with Crippen LogP contribution in [0.1, 0.15) is 54.7 Å². The topological polar surface area (TPSA) is 209 Å². The lowest BCUT2D eigenvalue weighted by Gasteiger charge is -2.47. The van der Waals surface area contributed by atoms with Crippen LogP contribution in [-0.2, 0) is 25.5 Å². The summed E-state index contributed by atoms with van der Waals surface area (Å²) >= 11 is 0. The monoisotopic (exact) mass is 634 g/mol. The largest absolute Gasteiger partial charge is 0.485 e. The summed E-state index contributed by atoms with van der Waals surface area (Å²) in [4.78, 5) is 26.3. The number of nitrogens with one attached hydrogen (secondary N) is 2. The first kappa shape index (κ1) is 32.0. The maximum atomic E-state index is 13.2. The molecule has 0 saturated carbocycles. The van der Waals surface area contributed by atoms with Crippen molar-refractivity contribution in [1.29, 1.82) is 0 Å². The minimum atomic E-state index is -2.30. The molecular formula is C31H42N2O12. The van der Waals surface area contributed by atoms with Gasteiger partial charge in [0.05, 0.1) is 25.4 Å². The Labute approximate surface area is 259 Å². The van der Waals surface area contributed by atoms with E-state index in [1.54, 1.807) is 20.2 Å². The second-order valence-electron chi connectivity index (χ2n) is 12.4. The van der Waals surface area contributed by atoms with Crippen LogP contribution in [0.15, 0.2) is 10.7 Å². The number of hydrogen-bond acceptors (Lipinski definition) is 13. The molecule has 0 radical (unpaired) electrons. The third-order valence-corrected chi connectivity index (χ3v) is 9.84. The van der Waals surface area contributed by atoms with Crippen molar-refractivity contribution in [2.75, 3.05) is 46.6 Å². The summed E-state index contributed by atoms with van der Waals surface area (Å²) in [7, 11) is 1.77. The molecule has 2 aliphatic heterocycles. The predicted octanol–water partition coefficient (Wildman–Crippen LogP) is -0.595. The molecule has 2 aliphatic carbocycles. The standard InChI is InChI=1S/C31H42N2O12/c1-3-41-29(39)15-8-14-9-16-18(11-33-28(16)38)19-13-43-25-22(19)21(14)17(10-15)24(26(25)42-7-5-32-2)45-30-31(40,4-6-34)27(37)23(36)20(12-35)44-30/h13-16,18,20,23,27,30,32,34-37,40H,3-12H2,1-2H3,(H,33,38)/t14-,15+,16+,18+,20+,23+,27-,30+,31+/m0/s1. The number of fused-ring (bicyclic) bond motifs is 2. The Balaban J connectivity index is 1.56. The second-order valence-corrected chi connectivity index (χ2v) is 12.4. The molecule has 14 heteroatoms. The number of ether oxygens (including phenoxy) is 4. The van der Waals surface area contributed by atoms with Crippen molar-refractivity contribution in [1.82, 2.24) is 10.6 Å². The van der Waals surface area contributed by atoms with E-state index in [2.05, 4.69) is 10.6 Å². The van der Waals surface area contributed by atoms with Gasteiger partial charge in [0.2, 0.25) is 17.9 Å². The fraction of sp³-hybridized carbons (Fsp3) is 0.677. The number of esters is 1. The normalized spacial score (nSPS) is 33.8. The van der Waals surface area contributed by atoms with E-state index in [4.69, 9.17) is 23.4 Å². The molecule has 14 nitrogen and oxygen atoms in total. The molecule has 9 atom stereocenters. The van der Waals surface area contributed by atoms with Gasteiger partial charge >= 0.3 is 5.97 Å². The van der Waals surface area contributed by atoms with Crippen LogP contribution in [0.2, 0.25) is 0 Å². The van der Waals surface area contributed by atoms with Gasteiger partial charge in [0, 0.05) is 54.5 Å². The van der Waals surface area contributed by atoms with Gasteiger partial charge in [-0.2, -0.15) is 0 Å². The SMILES string of the molecule is CCOC(=O)[C@H]1Cc2c(O[C@H]3O[C@H](CO)[C@@H](O)[C@H](O)[C@]3(O)CCO)c(OCCNC)c3occ4c3c2[C@@H](C1)C[C@H]1C(=O)NC[C@@H]41. The smallest absolute Gasteiger partial charge is 0.309 e. The third-order valence-electron chi connectivity index (χ3n) is 9.84. The number of aliphatic hydroxyl groups excluding tert-OH is 4. The molecule has 0 spiro atoms. The summed E-state index contributed by atoms with van der Waals surface area (Å²) in [5.74, 6) is -1.48. The maximum absolute atomic E-state index is 13.2. The van der Waals surface area contributed by atoms with Gasteiger partial charge in [0.1, 0.15) is 24.9 Å². The van der Waals surface area contributed by atoms with E-state index in [-0.39, 0.29) is 60.8 Å². The molecule has 248 valence electrons. The van der Waals surface area contributed by atoms with Crippen LogP contribution < -0.4 is 20.1 Å². The van der Waals surface area contributed by atoms with Gasteiger partial charge in [-0.3, -0.25) is 9.59 Å². The van der Waals surface area contributed by atoms with Crippen molar-refractivity contribution in [2.24, 2.45) is 11.8 Å². The van der Waals surface area contributed by atoms with Crippen molar-refractivity contribution in [3.63, 3.8) is 0 Å². The summed E-state index contributed by atoms with van der Waals surface area (Å²) in [6, 6.07) is 0. The zero-order valence-corrected chi connectivity index (χ0v) is 25.4. The third kappa shape index (κ3) is 5.25. The summed E-state index contributed by atoms with van der Waals surface area (Å²) in [6.07, 6.45) is -4.19. The lowest BCUT2D eigenvalue weighted by molar-refractivity contribution is -0.323. The van der Waals surface area contributed by atoms with E-state index in [0.29, 0.717) is 37.1 Å². The Morgan fingerprint density at radius 1 is 1.20 bits per heavy atom. The van der Waals surface area contributed by atoms with Crippen molar-refractivity contribution in [3.8, 4) is 11.5 Å². The molecular weight excluding hydrogens is 592 g/mol. The minimum absolute atomic E-state index is 0.0591. The molecule has 1 amide bonds. The Hall–Kier alpha value is -2.98. The average Bonchev–Trinajstić information content (AvgIpc) is 3.58. The Kier molecular flexibility index (Phi) is 9.00. The van der Waals surface area contributed by atoms with Crippen LogP contribution in [0.4, 0.5) is 0 Å². The molecule has 2 fully saturated rings. The first-order valence-corrected chi connectivity index (χ1v) is 15.6. The highest BCUT2D eigenvalue weighted by molar-refractivity contribution is 5.97. The molecule has 45 heavy (non-hydrogen) atoms. The molecule has 0 unspecified atom stereocenters. The predicted molar refractivity (Wildman–Crippen MR) is 156 cm³/mol. The van der Waals surface area contributed by atoms with Crippen LogP contribution in [0.5, 0.6) is 11.5 Å². The Morgan fingerprint density at radius 3 is 2.71 bits per heavy atom. The summed E-state index contributed by atoms with van der Waals surface area (Å²) < 4.78 is 30.2. The van der Waals surface area contributed by atoms with Crippen LogP contribution >= 0.6 is 0 Å². The fourth-order valence-corrected chi connectivity index (χ4v) is 7.61. The van der Waals surface area contributed by atoms with Crippen LogP contribution in [0.3, 0.4) is 0 Å². The average molecular weight is 635 g/mol. The Morgan fingerprint density at radius 2 is 2.00 bits per heavy atom. The fourth-order valence-electron chi connectivity index (χ4n) is 7.61. The van der Waals surface area contributed by atoms with Crippen molar-refractivity contribution in [2.45, 2.75) is 74.6 Å². The van der Waals surface area contributed by atoms with Crippen molar-refractivity contribution in [3.05, 3.63) is 23.0 Å². The van der Waals surface area contributed by atoms with Gasteiger partial charge in [-0.25, -0.2) is 0 Å². The molecule has 2 aromatic rings. The molecule has 4 aliphatic rings. The van der Waals surface area contributed by atoms with E-state index >= 15 is 0 Å². The molecule has 3 heterocycles. The summed E-state index contributed by atoms with van der Waals surface area (Å²) in [5.41, 5.74) is 0.380. The van der Waals surface area contributed by atoms with Crippen molar-refractivity contribution >= 4 is 22.8 Å². The number of amides is 1. The molecule has 2 saturated heterocycles. The van der Waals surface area contributed by atoms with Gasteiger partial charge in [-0.1, -0.05) is 0 Å². The highest BCUT2D eigenvalue weighted by atomic mass is 16.7. The number of furan rings is 1. The van der Waals surface area contributed by atoms with E-state index in [1.807, 2.05) is 0 Å². The number of aliphatic hydroxyl groups is 5. The first-order chi connectivity index (χ1) is 21.7. The number of benzene rings is 1. The maximum Gasteiger partial charge on any atom is 0.309 e. The van der Waals surface area contributed by atoms with Gasteiger partial charge < -0.3 is 59.5 Å². The Bertz CT molecular complexity index is 1430. The zero-order chi connectivity index (χ0) is 32.0. The van der Waals surface area contributed by atoms with E-state index < -0.39 is 55.8 Å². The molecule has 1 aromatic heterocycles. The molecule has 7 N–H and O–H groups in total. The molecule has 1 aromatic carbocycles. The number of hydrogen-bond donors (Lipinski definition) is 7. The summed E-state index contributed by atoms with van der Waals surface area (Å²) in [5, 5.41) is 59.7. The number of carbonyl (C=O) groups excluding carboxylic acids is 2. The van der Waals surface area contributed by atoms with Gasteiger partial charge in [-0.15, -0.1) is 0 Å². The number of carbonyl (C=O) groups is 2. The van der Waals surface area contributed by atoms with Crippen molar-refractivity contribution < 1.29 is 58.5 Å². The molecule has 0 bridgehead atoms. The number of rotatable bonds is 11. The van der Waals surface area contributed by atoms with Gasteiger partial charge in [-0.05, 0) is 44.7 Å². The lowest BCUT2D eigenvalue weighted by Crippen LogP contribution is -2.68. The van der Waals surface area contributed by atoms with Crippen LogP contribution in [0.25, 0.3) is 11.0 Å². The van der Waals surface area contributed by atoms with E-state index in [9.17, 15) is 35.1 Å².